The van der Waals surface area contributed by atoms with Gasteiger partial charge >= 0.3 is 5.97 Å². The molecule has 2 rings (SSSR count). The summed E-state index contributed by atoms with van der Waals surface area (Å²) in [6.07, 6.45) is 2.24. The third-order valence-corrected chi connectivity index (χ3v) is 3.48. The van der Waals surface area contributed by atoms with E-state index in [1.54, 1.807) is 30.3 Å². The molecular formula is C16H17ClN2O4. The van der Waals surface area contributed by atoms with Gasteiger partial charge in [-0.3, -0.25) is 9.59 Å². The standard InChI is InChI=1S/C16H17ClN2O4/c17-12-7-5-11(6-8-12)14-10-13(19-23-14)16(22)18-9-3-1-2-4-15(20)21/h5-8,10H,1-4,9H2,(H,18,22)(H,20,21). The second-order valence-electron chi connectivity index (χ2n) is 5.04. The van der Waals surface area contributed by atoms with E-state index in [-0.39, 0.29) is 18.0 Å². The Kier molecular flexibility index (Phi) is 6.17. The molecular weight excluding hydrogens is 320 g/mol. The van der Waals surface area contributed by atoms with E-state index in [4.69, 9.17) is 21.2 Å². The Hall–Kier alpha value is -2.34. The molecule has 1 aromatic heterocycles. The second kappa shape index (κ2) is 8.33. The molecule has 0 saturated heterocycles. The van der Waals surface area contributed by atoms with Crippen LogP contribution in [-0.4, -0.2) is 28.7 Å². The van der Waals surface area contributed by atoms with E-state index in [9.17, 15) is 9.59 Å². The fourth-order valence-electron chi connectivity index (χ4n) is 2.00. The van der Waals surface area contributed by atoms with Crippen LogP contribution in [0.25, 0.3) is 11.3 Å². The number of nitrogens with one attached hydrogen (secondary N) is 1. The predicted octanol–water partition coefficient (Wildman–Crippen LogP) is 3.37. The zero-order chi connectivity index (χ0) is 16.7. The minimum absolute atomic E-state index is 0.154. The molecule has 0 fully saturated rings. The van der Waals surface area contributed by atoms with Crippen molar-refractivity contribution in [3.8, 4) is 11.3 Å². The molecule has 0 bridgehead atoms. The van der Waals surface area contributed by atoms with Crippen molar-refractivity contribution in [2.75, 3.05) is 6.54 Å². The first-order chi connectivity index (χ1) is 11.1. The summed E-state index contributed by atoms with van der Waals surface area (Å²) >= 11 is 5.82. The average Bonchev–Trinajstić information content (AvgIpc) is 3.01. The third kappa shape index (κ3) is 5.41. The van der Waals surface area contributed by atoms with Crippen molar-refractivity contribution in [3.05, 3.63) is 41.0 Å². The number of carbonyl (C=O) groups excluding carboxylic acids is 1. The van der Waals surface area contributed by atoms with E-state index in [1.165, 1.54) is 0 Å². The number of unbranched alkanes of at least 4 members (excludes halogenated alkanes) is 2. The molecule has 1 amide bonds. The lowest BCUT2D eigenvalue weighted by Crippen LogP contribution is -2.24. The van der Waals surface area contributed by atoms with Crippen LogP contribution in [0.15, 0.2) is 34.9 Å². The SMILES string of the molecule is O=C(O)CCCCCNC(=O)c1cc(-c2ccc(Cl)cc2)on1. The van der Waals surface area contributed by atoms with Gasteiger partial charge in [0.15, 0.2) is 11.5 Å². The van der Waals surface area contributed by atoms with Crippen molar-refractivity contribution in [2.45, 2.75) is 25.7 Å². The maximum atomic E-state index is 11.9. The Labute approximate surface area is 138 Å². The normalized spacial score (nSPS) is 10.5. The predicted molar refractivity (Wildman–Crippen MR) is 85.4 cm³/mol. The zero-order valence-electron chi connectivity index (χ0n) is 12.4. The van der Waals surface area contributed by atoms with E-state index in [2.05, 4.69) is 10.5 Å². The Morgan fingerprint density at radius 3 is 2.61 bits per heavy atom. The molecule has 7 heteroatoms. The van der Waals surface area contributed by atoms with E-state index in [0.717, 1.165) is 18.4 Å². The van der Waals surface area contributed by atoms with Crippen molar-refractivity contribution in [1.82, 2.24) is 10.5 Å². The molecule has 0 aliphatic carbocycles. The monoisotopic (exact) mass is 336 g/mol. The summed E-state index contributed by atoms with van der Waals surface area (Å²) in [6, 6.07) is 8.61. The number of hydrogen-bond acceptors (Lipinski definition) is 4. The van der Waals surface area contributed by atoms with Crippen molar-refractivity contribution in [1.29, 1.82) is 0 Å². The van der Waals surface area contributed by atoms with Crippen LogP contribution in [0.4, 0.5) is 0 Å². The molecule has 0 saturated carbocycles. The second-order valence-corrected chi connectivity index (χ2v) is 5.48. The van der Waals surface area contributed by atoms with Crippen LogP contribution in [0.3, 0.4) is 0 Å². The van der Waals surface area contributed by atoms with Gasteiger partial charge in [0, 0.05) is 29.6 Å². The summed E-state index contributed by atoms with van der Waals surface area (Å²) < 4.78 is 5.16. The molecule has 0 aliphatic heterocycles. The molecule has 0 atom stereocenters. The summed E-state index contributed by atoms with van der Waals surface area (Å²) in [5, 5.41) is 15.6. The Morgan fingerprint density at radius 1 is 1.17 bits per heavy atom. The number of carbonyl (C=O) groups is 2. The van der Waals surface area contributed by atoms with Gasteiger partial charge in [0.2, 0.25) is 0 Å². The van der Waals surface area contributed by atoms with Gasteiger partial charge in [-0.05, 0) is 37.1 Å². The first kappa shape index (κ1) is 17.0. The quantitative estimate of drug-likeness (QED) is 0.721. The minimum atomic E-state index is -0.800. The molecule has 1 aromatic carbocycles. The summed E-state index contributed by atoms with van der Waals surface area (Å²) in [6.45, 7) is 0.474. The lowest BCUT2D eigenvalue weighted by atomic mass is 10.1. The molecule has 0 aliphatic rings. The zero-order valence-corrected chi connectivity index (χ0v) is 13.2. The molecule has 0 spiro atoms. The van der Waals surface area contributed by atoms with Gasteiger partial charge < -0.3 is 14.9 Å². The summed E-state index contributed by atoms with van der Waals surface area (Å²) in [5.41, 5.74) is 0.995. The fourth-order valence-corrected chi connectivity index (χ4v) is 2.13. The van der Waals surface area contributed by atoms with Crippen LogP contribution in [0.1, 0.15) is 36.2 Å². The van der Waals surface area contributed by atoms with Gasteiger partial charge in [0.25, 0.3) is 5.91 Å². The van der Waals surface area contributed by atoms with E-state index < -0.39 is 5.97 Å². The number of aromatic nitrogens is 1. The highest BCUT2D eigenvalue weighted by Gasteiger charge is 2.13. The van der Waals surface area contributed by atoms with Gasteiger partial charge in [-0.1, -0.05) is 23.2 Å². The maximum absolute atomic E-state index is 11.9. The Balaban J connectivity index is 1.79. The smallest absolute Gasteiger partial charge is 0.303 e. The van der Waals surface area contributed by atoms with E-state index in [0.29, 0.717) is 23.7 Å². The number of hydrogen-bond donors (Lipinski definition) is 2. The molecule has 122 valence electrons. The molecule has 6 nitrogen and oxygen atoms in total. The minimum Gasteiger partial charge on any atom is -0.481 e. The largest absolute Gasteiger partial charge is 0.481 e. The van der Waals surface area contributed by atoms with Crippen LogP contribution in [0.5, 0.6) is 0 Å². The van der Waals surface area contributed by atoms with Gasteiger partial charge in [0.1, 0.15) is 0 Å². The number of aliphatic carboxylic acids is 1. The summed E-state index contributed by atoms with van der Waals surface area (Å²) in [7, 11) is 0. The molecule has 0 radical (unpaired) electrons. The fraction of sp³-hybridized carbons (Fsp3) is 0.312. The number of nitrogens with zero attached hydrogens (tertiary/aromatic N) is 1. The number of carboxylic acids is 1. The summed E-state index contributed by atoms with van der Waals surface area (Å²) in [4.78, 5) is 22.3. The van der Waals surface area contributed by atoms with Crippen LogP contribution in [-0.2, 0) is 4.79 Å². The lowest BCUT2D eigenvalue weighted by Gasteiger charge is -2.01. The van der Waals surface area contributed by atoms with Gasteiger partial charge in [-0.25, -0.2) is 0 Å². The Morgan fingerprint density at radius 2 is 1.91 bits per heavy atom. The number of halogens is 1. The average molecular weight is 337 g/mol. The van der Waals surface area contributed by atoms with Crippen LogP contribution >= 0.6 is 11.6 Å². The molecule has 0 unspecified atom stereocenters. The van der Waals surface area contributed by atoms with Crippen LogP contribution < -0.4 is 5.32 Å². The first-order valence-electron chi connectivity index (χ1n) is 7.29. The molecule has 1 heterocycles. The highest BCUT2D eigenvalue weighted by molar-refractivity contribution is 6.30. The maximum Gasteiger partial charge on any atom is 0.303 e. The molecule has 23 heavy (non-hydrogen) atoms. The van der Waals surface area contributed by atoms with Crippen LogP contribution in [0, 0.1) is 0 Å². The van der Waals surface area contributed by atoms with Gasteiger partial charge in [0.05, 0.1) is 0 Å². The highest BCUT2D eigenvalue weighted by Crippen LogP contribution is 2.22. The van der Waals surface area contributed by atoms with Gasteiger partial charge in [-0.15, -0.1) is 0 Å². The van der Waals surface area contributed by atoms with Crippen molar-refractivity contribution in [2.24, 2.45) is 0 Å². The van der Waals surface area contributed by atoms with Crippen molar-refractivity contribution >= 4 is 23.5 Å². The van der Waals surface area contributed by atoms with Crippen LogP contribution in [0.2, 0.25) is 5.02 Å². The third-order valence-electron chi connectivity index (χ3n) is 3.22. The van der Waals surface area contributed by atoms with Crippen molar-refractivity contribution in [3.63, 3.8) is 0 Å². The number of amides is 1. The van der Waals surface area contributed by atoms with Crippen molar-refractivity contribution < 1.29 is 19.2 Å². The highest BCUT2D eigenvalue weighted by atomic mass is 35.5. The number of carboxylic acid groups (broad SMARTS) is 1. The Bertz CT molecular complexity index is 667. The van der Waals surface area contributed by atoms with E-state index in [1.807, 2.05) is 0 Å². The van der Waals surface area contributed by atoms with E-state index >= 15 is 0 Å². The first-order valence-corrected chi connectivity index (χ1v) is 7.66. The topological polar surface area (TPSA) is 92.4 Å². The molecule has 2 N–H and O–H groups in total. The van der Waals surface area contributed by atoms with Gasteiger partial charge in [-0.2, -0.15) is 0 Å². The molecule has 2 aromatic rings. The lowest BCUT2D eigenvalue weighted by molar-refractivity contribution is -0.137. The summed E-state index contributed by atoms with van der Waals surface area (Å²) in [5.74, 6) is -0.619. The number of benzene rings is 1. The number of rotatable bonds is 8.